The highest BCUT2D eigenvalue weighted by molar-refractivity contribution is 7.46. The molecule has 0 fully saturated rings. The first-order valence-corrected chi connectivity index (χ1v) is 5.17. The van der Waals surface area contributed by atoms with Crippen LogP contribution >= 0.6 is 7.91 Å². The molecule has 0 saturated carbocycles. The van der Waals surface area contributed by atoms with Crippen LogP contribution in [-0.4, -0.2) is 11.0 Å². The maximum absolute atomic E-state index is 12.0. The highest BCUT2D eigenvalue weighted by atomic mass is 31.2. The van der Waals surface area contributed by atoms with Gasteiger partial charge in [-0.05, 0) is 12.8 Å². The minimum atomic E-state index is -4.77. The molecule has 0 spiro atoms. The van der Waals surface area contributed by atoms with E-state index < -0.39 is 14.0 Å². The first-order chi connectivity index (χ1) is 4.99. The van der Waals surface area contributed by atoms with Crippen LogP contribution in [0.4, 0.5) is 4.20 Å². The fourth-order valence-electron chi connectivity index (χ4n) is 0.837. The van der Waals surface area contributed by atoms with Crippen molar-refractivity contribution < 1.29 is 18.2 Å². The van der Waals surface area contributed by atoms with Crippen molar-refractivity contribution in [3.8, 4) is 0 Å². The summed E-state index contributed by atoms with van der Waals surface area (Å²) in [5.74, 6) is 0. The van der Waals surface area contributed by atoms with Crippen molar-refractivity contribution in [2.24, 2.45) is 0 Å². The van der Waals surface area contributed by atoms with Gasteiger partial charge >= 0.3 is 7.91 Å². The Bertz CT molecular complexity index is 145. The van der Waals surface area contributed by atoms with Gasteiger partial charge in [0.1, 0.15) is 0 Å². The average molecular weight is 184 g/mol. The molecule has 0 aliphatic rings. The third kappa shape index (κ3) is 6.48. The molecule has 0 aromatic rings. The van der Waals surface area contributed by atoms with Gasteiger partial charge in [0, 0.05) is 0 Å². The number of rotatable bonds is 5. The van der Waals surface area contributed by atoms with Crippen molar-refractivity contribution in [2.75, 3.05) is 0 Å². The van der Waals surface area contributed by atoms with E-state index in [1.807, 2.05) is 6.92 Å². The fourth-order valence-corrected chi connectivity index (χ4v) is 1.46. The SMILES string of the molecule is CCCC(CC)OP(=O)(O)F. The van der Waals surface area contributed by atoms with Crippen molar-refractivity contribution in [3.63, 3.8) is 0 Å². The van der Waals surface area contributed by atoms with Gasteiger partial charge in [0.2, 0.25) is 0 Å². The Labute approximate surface area is 66.2 Å². The molecule has 68 valence electrons. The predicted molar refractivity (Wildman–Crippen MR) is 41.0 cm³/mol. The molecule has 0 bridgehead atoms. The fraction of sp³-hybridized carbons (Fsp3) is 1.00. The maximum Gasteiger partial charge on any atom is 0.510 e. The molecule has 0 rings (SSSR count). The zero-order valence-electron chi connectivity index (χ0n) is 6.79. The Morgan fingerprint density at radius 1 is 1.64 bits per heavy atom. The van der Waals surface area contributed by atoms with Crippen LogP contribution in [0, 0.1) is 0 Å². The molecule has 0 aromatic heterocycles. The van der Waals surface area contributed by atoms with Crippen LogP contribution in [0.15, 0.2) is 0 Å². The molecule has 0 radical (unpaired) electrons. The van der Waals surface area contributed by atoms with Crippen LogP contribution in [0.2, 0.25) is 0 Å². The standard InChI is InChI=1S/C6H14FO3P/c1-3-5-6(4-2)10-11(7,8)9/h6H,3-5H2,1-2H3,(H,8,9). The summed E-state index contributed by atoms with van der Waals surface area (Å²) in [5.41, 5.74) is 0. The second-order valence-corrected chi connectivity index (χ2v) is 3.49. The van der Waals surface area contributed by atoms with Gasteiger partial charge in [-0.25, -0.2) is 4.57 Å². The van der Waals surface area contributed by atoms with Crippen molar-refractivity contribution in [1.82, 2.24) is 0 Å². The zero-order chi connectivity index (χ0) is 8.91. The summed E-state index contributed by atoms with van der Waals surface area (Å²) in [5, 5.41) is 0. The Hall–Kier alpha value is 0.0800. The minimum absolute atomic E-state index is 0.430. The first kappa shape index (κ1) is 11.1. The molecule has 11 heavy (non-hydrogen) atoms. The van der Waals surface area contributed by atoms with Crippen molar-refractivity contribution in [1.29, 1.82) is 0 Å². The number of hydrogen-bond donors (Lipinski definition) is 1. The van der Waals surface area contributed by atoms with Crippen molar-refractivity contribution in [3.05, 3.63) is 0 Å². The average Bonchev–Trinajstić information content (AvgIpc) is 1.84. The molecule has 0 amide bonds. The molecule has 0 saturated heterocycles. The lowest BCUT2D eigenvalue weighted by Gasteiger charge is -2.13. The number of halogens is 1. The third-order valence-electron chi connectivity index (χ3n) is 1.35. The highest BCUT2D eigenvalue weighted by Gasteiger charge is 2.22. The molecule has 0 aliphatic carbocycles. The van der Waals surface area contributed by atoms with Gasteiger partial charge in [-0.2, -0.15) is 0 Å². The van der Waals surface area contributed by atoms with Crippen LogP contribution in [0.3, 0.4) is 0 Å². The molecule has 0 aromatic carbocycles. The Morgan fingerprint density at radius 3 is 2.45 bits per heavy atom. The summed E-state index contributed by atoms with van der Waals surface area (Å²) in [7, 11) is -4.77. The van der Waals surface area contributed by atoms with Crippen LogP contribution in [0.1, 0.15) is 33.1 Å². The van der Waals surface area contributed by atoms with Crippen LogP contribution < -0.4 is 0 Å². The van der Waals surface area contributed by atoms with E-state index in [0.29, 0.717) is 12.8 Å². The molecule has 2 unspecified atom stereocenters. The van der Waals surface area contributed by atoms with E-state index in [1.165, 1.54) is 0 Å². The molecule has 0 aliphatic heterocycles. The Kier molecular flexibility index (Phi) is 4.89. The van der Waals surface area contributed by atoms with Crippen molar-refractivity contribution in [2.45, 2.75) is 39.2 Å². The predicted octanol–water partition coefficient (Wildman–Crippen LogP) is 2.65. The lowest BCUT2D eigenvalue weighted by atomic mass is 10.2. The minimum Gasteiger partial charge on any atom is -0.299 e. The summed E-state index contributed by atoms with van der Waals surface area (Å²) in [4.78, 5) is 8.21. The summed E-state index contributed by atoms with van der Waals surface area (Å²) < 4.78 is 26.4. The summed E-state index contributed by atoms with van der Waals surface area (Å²) >= 11 is 0. The van der Waals surface area contributed by atoms with Crippen LogP contribution in [0.5, 0.6) is 0 Å². The summed E-state index contributed by atoms with van der Waals surface area (Å²) in [6.45, 7) is 3.70. The van der Waals surface area contributed by atoms with Gasteiger partial charge in [-0.1, -0.05) is 20.3 Å². The van der Waals surface area contributed by atoms with Gasteiger partial charge in [0.15, 0.2) is 0 Å². The second-order valence-electron chi connectivity index (χ2n) is 2.38. The van der Waals surface area contributed by atoms with Crippen molar-refractivity contribution >= 4 is 7.91 Å². The van der Waals surface area contributed by atoms with E-state index in [9.17, 15) is 8.76 Å². The quantitative estimate of drug-likeness (QED) is 0.668. The van der Waals surface area contributed by atoms with E-state index in [-0.39, 0.29) is 0 Å². The molecule has 3 nitrogen and oxygen atoms in total. The van der Waals surface area contributed by atoms with E-state index >= 15 is 0 Å². The van der Waals surface area contributed by atoms with E-state index in [1.54, 1.807) is 6.92 Å². The van der Waals surface area contributed by atoms with Gasteiger partial charge < -0.3 is 0 Å². The topological polar surface area (TPSA) is 46.5 Å². The molecular weight excluding hydrogens is 170 g/mol. The van der Waals surface area contributed by atoms with Gasteiger partial charge in [-0.15, -0.1) is 4.20 Å². The summed E-state index contributed by atoms with van der Waals surface area (Å²) in [6, 6.07) is 0. The van der Waals surface area contributed by atoms with E-state index in [2.05, 4.69) is 4.52 Å². The molecule has 0 heterocycles. The van der Waals surface area contributed by atoms with Gasteiger partial charge in [0.25, 0.3) is 0 Å². The largest absolute Gasteiger partial charge is 0.510 e. The maximum atomic E-state index is 12.0. The Morgan fingerprint density at radius 2 is 2.18 bits per heavy atom. The smallest absolute Gasteiger partial charge is 0.299 e. The third-order valence-corrected chi connectivity index (χ3v) is 1.90. The van der Waals surface area contributed by atoms with Gasteiger partial charge in [0.05, 0.1) is 6.10 Å². The molecule has 1 N–H and O–H groups in total. The second kappa shape index (κ2) is 4.86. The zero-order valence-corrected chi connectivity index (χ0v) is 7.68. The summed E-state index contributed by atoms with van der Waals surface area (Å²) in [6.07, 6.45) is 1.56. The molecule has 5 heteroatoms. The van der Waals surface area contributed by atoms with Crippen LogP contribution in [-0.2, 0) is 9.09 Å². The lowest BCUT2D eigenvalue weighted by molar-refractivity contribution is 0.140. The molecular formula is C6H14FO3P. The monoisotopic (exact) mass is 184 g/mol. The molecule has 2 atom stereocenters. The Balaban J connectivity index is 3.78. The number of hydrogen-bond acceptors (Lipinski definition) is 2. The van der Waals surface area contributed by atoms with Gasteiger partial charge in [-0.3, -0.25) is 9.42 Å². The van der Waals surface area contributed by atoms with Crippen LogP contribution in [0.25, 0.3) is 0 Å². The van der Waals surface area contributed by atoms with E-state index in [4.69, 9.17) is 4.89 Å². The lowest BCUT2D eigenvalue weighted by Crippen LogP contribution is -2.07. The normalized spacial score (nSPS) is 19.3. The van der Waals surface area contributed by atoms with E-state index in [0.717, 1.165) is 6.42 Å². The first-order valence-electron chi connectivity index (χ1n) is 3.70. The highest BCUT2D eigenvalue weighted by Crippen LogP contribution is 2.45.